The molecule has 1 heterocycles. The van der Waals surface area contributed by atoms with Crippen LogP contribution in [0.2, 0.25) is 0 Å². The van der Waals surface area contributed by atoms with E-state index in [4.69, 9.17) is 5.73 Å². The van der Waals surface area contributed by atoms with Gasteiger partial charge in [-0.2, -0.15) is 13.2 Å². The third-order valence-electron chi connectivity index (χ3n) is 2.70. The predicted octanol–water partition coefficient (Wildman–Crippen LogP) is 2.48. The lowest BCUT2D eigenvalue weighted by Crippen LogP contribution is -2.27. The molecule has 0 aliphatic heterocycles. The molecule has 1 unspecified atom stereocenters. The van der Waals surface area contributed by atoms with Crippen LogP contribution < -0.4 is 5.73 Å². The molecule has 2 aromatic rings. The molecule has 0 saturated carbocycles. The zero-order valence-corrected chi connectivity index (χ0v) is 8.75. The van der Waals surface area contributed by atoms with Crippen LogP contribution in [0.4, 0.5) is 13.2 Å². The van der Waals surface area contributed by atoms with Crippen LogP contribution in [0.3, 0.4) is 0 Å². The third kappa shape index (κ3) is 2.08. The van der Waals surface area contributed by atoms with Gasteiger partial charge in [0.2, 0.25) is 0 Å². The van der Waals surface area contributed by atoms with Gasteiger partial charge in [-0.25, -0.2) is 0 Å². The van der Waals surface area contributed by atoms with Gasteiger partial charge in [-0.1, -0.05) is 0 Å². The van der Waals surface area contributed by atoms with Crippen molar-refractivity contribution >= 4 is 10.9 Å². The number of hydrogen-bond donors (Lipinski definition) is 3. The first-order valence-electron chi connectivity index (χ1n) is 5.00. The molecular weight excluding hydrogens is 233 g/mol. The highest BCUT2D eigenvalue weighted by atomic mass is 19.4. The Morgan fingerprint density at radius 2 is 2.06 bits per heavy atom. The smallest absolute Gasteiger partial charge is 0.397 e. The average Bonchev–Trinajstić information content (AvgIpc) is 2.60. The van der Waals surface area contributed by atoms with Crippen molar-refractivity contribution in [2.45, 2.75) is 12.1 Å². The van der Waals surface area contributed by atoms with Crippen molar-refractivity contribution in [3.63, 3.8) is 0 Å². The van der Waals surface area contributed by atoms with E-state index in [1.807, 2.05) is 0 Å². The fourth-order valence-electron chi connectivity index (χ4n) is 1.86. The molecule has 0 aliphatic carbocycles. The van der Waals surface area contributed by atoms with Crippen LogP contribution in [0, 0.1) is 0 Å². The van der Waals surface area contributed by atoms with Gasteiger partial charge < -0.3 is 15.8 Å². The lowest BCUT2D eigenvalue weighted by molar-refractivity contribution is -0.147. The largest absolute Gasteiger partial charge is 0.508 e. The van der Waals surface area contributed by atoms with Crippen LogP contribution in [-0.2, 0) is 0 Å². The maximum absolute atomic E-state index is 12.8. The highest BCUT2D eigenvalue weighted by Gasteiger charge is 2.40. The van der Waals surface area contributed by atoms with Crippen molar-refractivity contribution < 1.29 is 18.3 Å². The summed E-state index contributed by atoms with van der Waals surface area (Å²) in [5.41, 5.74) is 5.79. The second kappa shape index (κ2) is 3.96. The van der Waals surface area contributed by atoms with E-state index in [-0.39, 0.29) is 11.3 Å². The quantitative estimate of drug-likeness (QED) is 0.760. The number of hydrogen-bond acceptors (Lipinski definition) is 2. The number of alkyl halides is 3. The molecule has 4 N–H and O–H groups in total. The minimum Gasteiger partial charge on any atom is -0.508 e. The fraction of sp³-hybridized carbons (Fsp3) is 0.273. The number of phenolic OH excluding ortho intramolecular Hbond substituents is 1. The highest BCUT2D eigenvalue weighted by Crippen LogP contribution is 2.38. The Morgan fingerprint density at radius 3 is 2.65 bits per heavy atom. The SMILES string of the molecule is NCC(c1c[nH]c2ccc(O)cc12)C(F)(F)F. The minimum absolute atomic E-state index is 0.0610. The molecule has 0 amide bonds. The molecule has 0 spiro atoms. The number of rotatable bonds is 2. The molecule has 0 aliphatic rings. The first-order valence-corrected chi connectivity index (χ1v) is 5.00. The number of aromatic hydroxyl groups is 1. The number of aromatic nitrogens is 1. The number of fused-ring (bicyclic) bond motifs is 1. The van der Waals surface area contributed by atoms with Gasteiger partial charge in [-0.15, -0.1) is 0 Å². The summed E-state index contributed by atoms with van der Waals surface area (Å²) in [6.45, 7) is -0.522. The van der Waals surface area contributed by atoms with Gasteiger partial charge in [0.25, 0.3) is 0 Å². The van der Waals surface area contributed by atoms with E-state index in [9.17, 15) is 18.3 Å². The average molecular weight is 244 g/mol. The summed E-state index contributed by atoms with van der Waals surface area (Å²) in [5.74, 6) is -1.80. The standard InChI is InChI=1S/C11H11F3N2O/c12-11(13,14)9(4-15)8-5-16-10-2-1-6(17)3-7(8)10/h1-3,5,9,16-17H,4,15H2. The molecule has 92 valence electrons. The molecule has 0 bridgehead atoms. The van der Waals surface area contributed by atoms with Crippen LogP contribution in [0.25, 0.3) is 10.9 Å². The maximum Gasteiger partial charge on any atom is 0.397 e. The Labute approximate surface area is 95.0 Å². The molecule has 17 heavy (non-hydrogen) atoms. The molecule has 3 nitrogen and oxygen atoms in total. The first kappa shape index (κ1) is 11.8. The second-order valence-corrected chi connectivity index (χ2v) is 3.80. The molecule has 2 rings (SSSR count). The summed E-state index contributed by atoms with van der Waals surface area (Å²) < 4.78 is 38.3. The second-order valence-electron chi connectivity index (χ2n) is 3.80. The van der Waals surface area contributed by atoms with E-state index in [1.54, 1.807) is 0 Å². The van der Waals surface area contributed by atoms with Gasteiger partial charge in [0.15, 0.2) is 0 Å². The van der Waals surface area contributed by atoms with Crippen molar-refractivity contribution in [2.75, 3.05) is 6.54 Å². The monoisotopic (exact) mass is 244 g/mol. The summed E-state index contributed by atoms with van der Waals surface area (Å²) in [7, 11) is 0. The lowest BCUT2D eigenvalue weighted by Gasteiger charge is -2.17. The molecule has 0 fully saturated rings. The predicted molar refractivity (Wildman–Crippen MR) is 57.8 cm³/mol. The number of aromatic amines is 1. The van der Waals surface area contributed by atoms with E-state index >= 15 is 0 Å². The highest BCUT2D eigenvalue weighted by molar-refractivity contribution is 5.85. The van der Waals surface area contributed by atoms with Gasteiger partial charge in [0, 0.05) is 23.6 Å². The molecule has 0 saturated heterocycles. The number of phenols is 1. The zero-order valence-electron chi connectivity index (χ0n) is 8.75. The Kier molecular flexibility index (Phi) is 2.74. The Balaban J connectivity index is 2.58. The van der Waals surface area contributed by atoms with Crippen molar-refractivity contribution in [3.05, 3.63) is 30.0 Å². The normalized spacial score (nSPS) is 14.1. The van der Waals surface area contributed by atoms with Crippen LogP contribution in [0.1, 0.15) is 11.5 Å². The number of halogens is 3. The van der Waals surface area contributed by atoms with Crippen molar-refractivity contribution in [1.82, 2.24) is 4.98 Å². The summed E-state index contributed by atoms with van der Waals surface area (Å²) >= 11 is 0. The molecule has 0 radical (unpaired) electrons. The molecule has 1 atom stereocenters. The summed E-state index contributed by atoms with van der Waals surface area (Å²) in [5, 5.41) is 9.65. The Morgan fingerprint density at radius 1 is 1.35 bits per heavy atom. The maximum atomic E-state index is 12.8. The van der Waals surface area contributed by atoms with Gasteiger partial charge in [0.05, 0.1) is 5.92 Å². The number of benzene rings is 1. The Bertz CT molecular complexity index is 533. The van der Waals surface area contributed by atoms with Gasteiger partial charge in [-0.3, -0.25) is 0 Å². The van der Waals surface area contributed by atoms with E-state index < -0.39 is 18.6 Å². The third-order valence-corrected chi connectivity index (χ3v) is 2.70. The number of H-pyrrole nitrogens is 1. The Hall–Kier alpha value is -1.69. The van der Waals surface area contributed by atoms with E-state index in [0.717, 1.165) is 0 Å². The fourth-order valence-corrected chi connectivity index (χ4v) is 1.86. The summed E-state index contributed by atoms with van der Waals surface area (Å²) in [4.78, 5) is 2.74. The van der Waals surface area contributed by atoms with Gasteiger partial charge in [-0.05, 0) is 23.8 Å². The van der Waals surface area contributed by atoms with Crippen LogP contribution in [0.15, 0.2) is 24.4 Å². The first-order chi connectivity index (χ1) is 7.93. The van der Waals surface area contributed by atoms with Crippen LogP contribution in [-0.4, -0.2) is 22.8 Å². The topological polar surface area (TPSA) is 62.0 Å². The molecule has 1 aromatic carbocycles. The summed E-state index contributed by atoms with van der Waals surface area (Å²) in [6, 6.07) is 4.24. The van der Waals surface area contributed by atoms with Crippen LogP contribution in [0.5, 0.6) is 5.75 Å². The van der Waals surface area contributed by atoms with Gasteiger partial charge in [0.1, 0.15) is 5.75 Å². The number of nitrogens with one attached hydrogen (secondary N) is 1. The molecule has 6 heteroatoms. The van der Waals surface area contributed by atoms with Crippen molar-refractivity contribution in [1.29, 1.82) is 0 Å². The lowest BCUT2D eigenvalue weighted by atomic mass is 9.98. The van der Waals surface area contributed by atoms with Crippen molar-refractivity contribution in [2.24, 2.45) is 5.73 Å². The number of nitrogens with two attached hydrogens (primary N) is 1. The van der Waals surface area contributed by atoms with E-state index in [0.29, 0.717) is 10.9 Å². The molecule has 1 aromatic heterocycles. The van der Waals surface area contributed by atoms with Gasteiger partial charge >= 0.3 is 6.18 Å². The zero-order chi connectivity index (χ0) is 12.6. The van der Waals surface area contributed by atoms with Crippen LogP contribution >= 0.6 is 0 Å². The van der Waals surface area contributed by atoms with E-state index in [1.165, 1.54) is 24.4 Å². The minimum atomic E-state index is -4.39. The summed E-state index contributed by atoms with van der Waals surface area (Å²) in [6.07, 6.45) is -3.11. The van der Waals surface area contributed by atoms with E-state index in [2.05, 4.69) is 4.98 Å². The van der Waals surface area contributed by atoms with Crippen molar-refractivity contribution in [3.8, 4) is 5.75 Å². The molecular formula is C11H11F3N2O.